The third-order valence-corrected chi connectivity index (χ3v) is 6.96. The van der Waals surface area contributed by atoms with Crippen molar-refractivity contribution in [2.75, 3.05) is 32.7 Å². The number of rotatable bonds is 4. The molecule has 33 heavy (non-hydrogen) atoms. The fraction of sp³-hybridized carbons (Fsp3) is 0.500. The van der Waals surface area contributed by atoms with Gasteiger partial charge in [-0.05, 0) is 63.4 Å². The van der Waals surface area contributed by atoms with Crippen molar-refractivity contribution < 1.29 is 14.0 Å². The summed E-state index contributed by atoms with van der Waals surface area (Å²) < 4.78 is 14.6. The maximum atomic E-state index is 14.6. The van der Waals surface area contributed by atoms with Gasteiger partial charge in [-0.15, -0.1) is 0 Å². The van der Waals surface area contributed by atoms with Crippen molar-refractivity contribution in [2.45, 2.75) is 45.6 Å². The van der Waals surface area contributed by atoms with Crippen LogP contribution in [0.1, 0.15) is 52.5 Å². The van der Waals surface area contributed by atoms with Crippen molar-refractivity contribution in [1.82, 2.24) is 25.3 Å². The summed E-state index contributed by atoms with van der Waals surface area (Å²) in [5.41, 5.74) is 2.03. The summed E-state index contributed by atoms with van der Waals surface area (Å²) in [4.78, 5) is 41.1. The number of carbonyl (C=O) groups excluding carboxylic acids is 2. The first-order valence-electron chi connectivity index (χ1n) is 11.4. The van der Waals surface area contributed by atoms with Crippen LogP contribution < -0.4 is 10.9 Å². The van der Waals surface area contributed by atoms with Gasteiger partial charge in [0.1, 0.15) is 5.82 Å². The number of nitrogens with one attached hydrogen (secondary N) is 2. The smallest absolute Gasteiger partial charge is 0.267 e. The SMILES string of the molecule is Cc1c(Cc2ccc(F)c(C(=O)N3CCN(C(=O)[C@@]4(C)CCCN4)CC3)c2)n[nH]c(=O)c1C. The lowest BCUT2D eigenvalue weighted by Gasteiger charge is -2.38. The molecule has 0 unspecified atom stereocenters. The summed E-state index contributed by atoms with van der Waals surface area (Å²) in [6.45, 7) is 7.92. The van der Waals surface area contributed by atoms with E-state index in [1.54, 1.807) is 28.9 Å². The molecule has 0 bridgehead atoms. The predicted molar refractivity (Wildman–Crippen MR) is 122 cm³/mol. The molecular formula is C24H30FN5O3. The first-order valence-corrected chi connectivity index (χ1v) is 11.4. The van der Waals surface area contributed by atoms with Crippen LogP contribution in [0.2, 0.25) is 0 Å². The summed E-state index contributed by atoms with van der Waals surface area (Å²) in [5.74, 6) is -0.888. The molecule has 2 aromatic rings. The van der Waals surface area contributed by atoms with Crippen molar-refractivity contribution >= 4 is 11.8 Å². The number of amides is 2. The Labute approximate surface area is 192 Å². The maximum Gasteiger partial charge on any atom is 0.267 e. The van der Waals surface area contributed by atoms with Gasteiger partial charge < -0.3 is 15.1 Å². The second-order valence-electron chi connectivity index (χ2n) is 9.19. The molecule has 0 aliphatic carbocycles. The number of carbonyl (C=O) groups is 2. The van der Waals surface area contributed by atoms with E-state index in [0.29, 0.717) is 43.9 Å². The Balaban J connectivity index is 1.45. The molecule has 3 heterocycles. The van der Waals surface area contributed by atoms with Gasteiger partial charge in [0.2, 0.25) is 5.91 Å². The Bertz CT molecular complexity index is 1130. The minimum absolute atomic E-state index is 0.00972. The highest BCUT2D eigenvalue weighted by Gasteiger charge is 2.40. The van der Waals surface area contributed by atoms with Crippen molar-refractivity contribution in [3.05, 3.63) is 62.3 Å². The Morgan fingerprint density at radius 3 is 2.48 bits per heavy atom. The minimum Gasteiger partial charge on any atom is -0.338 e. The third kappa shape index (κ3) is 4.55. The average Bonchev–Trinajstić information content (AvgIpc) is 3.27. The lowest BCUT2D eigenvalue weighted by atomic mass is 9.98. The molecule has 2 fully saturated rings. The summed E-state index contributed by atoms with van der Waals surface area (Å²) in [6.07, 6.45) is 2.16. The molecule has 9 heteroatoms. The minimum atomic E-state index is -0.577. The summed E-state index contributed by atoms with van der Waals surface area (Å²) in [5, 5.41) is 9.88. The van der Waals surface area contributed by atoms with Gasteiger partial charge in [0, 0.05) is 38.2 Å². The fourth-order valence-corrected chi connectivity index (χ4v) is 4.59. The van der Waals surface area contributed by atoms with Crippen LogP contribution in [0.4, 0.5) is 4.39 Å². The average molecular weight is 456 g/mol. The highest BCUT2D eigenvalue weighted by Crippen LogP contribution is 2.23. The zero-order valence-electron chi connectivity index (χ0n) is 19.3. The molecular weight excluding hydrogens is 425 g/mol. The standard InChI is InChI=1S/C24H30FN5O3/c1-15-16(2)21(31)28-27-20(15)14-17-5-6-19(25)18(13-17)22(32)29-9-11-30(12-10-29)23(33)24(3)7-4-8-26-24/h5-6,13,26H,4,7-12,14H2,1-3H3,(H,28,31)/t24-/m1/s1. The Morgan fingerprint density at radius 2 is 1.82 bits per heavy atom. The summed E-state index contributed by atoms with van der Waals surface area (Å²) in [7, 11) is 0. The number of halogens is 1. The van der Waals surface area contributed by atoms with Gasteiger partial charge in [-0.3, -0.25) is 14.4 Å². The number of hydrogen-bond acceptors (Lipinski definition) is 5. The predicted octanol–water partition coefficient (Wildman–Crippen LogP) is 1.54. The number of hydrogen-bond donors (Lipinski definition) is 2. The lowest BCUT2D eigenvalue weighted by molar-refractivity contribution is -0.138. The number of H-pyrrole nitrogens is 1. The van der Waals surface area contributed by atoms with E-state index >= 15 is 0 Å². The highest BCUT2D eigenvalue weighted by atomic mass is 19.1. The Kier molecular flexibility index (Phi) is 6.34. The first-order chi connectivity index (χ1) is 15.7. The van der Waals surface area contributed by atoms with Crippen LogP contribution in [0.3, 0.4) is 0 Å². The molecule has 1 atom stereocenters. The molecule has 2 aliphatic rings. The normalized spacial score (nSPS) is 20.8. The number of aromatic nitrogens is 2. The van der Waals surface area contributed by atoms with E-state index < -0.39 is 11.4 Å². The summed E-state index contributed by atoms with van der Waals surface area (Å²) in [6, 6.07) is 4.47. The van der Waals surface area contributed by atoms with E-state index in [0.717, 1.165) is 30.5 Å². The van der Waals surface area contributed by atoms with Crippen LogP contribution in [0, 0.1) is 19.7 Å². The van der Waals surface area contributed by atoms with E-state index in [-0.39, 0.29) is 22.9 Å². The van der Waals surface area contributed by atoms with Gasteiger partial charge in [0.15, 0.2) is 0 Å². The quantitative estimate of drug-likeness (QED) is 0.729. The van der Waals surface area contributed by atoms with Gasteiger partial charge in [-0.1, -0.05) is 6.07 Å². The molecule has 2 saturated heterocycles. The molecule has 2 N–H and O–H groups in total. The largest absolute Gasteiger partial charge is 0.338 e. The number of nitrogens with zero attached hydrogens (tertiary/aromatic N) is 3. The Hall–Kier alpha value is -3.07. The second-order valence-corrected chi connectivity index (χ2v) is 9.19. The van der Waals surface area contributed by atoms with Crippen molar-refractivity contribution in [3.63, 3.8) is 0 Å². The van der Waals surface area contributed by atoms with E-state index in [9.17, 15) is 18.8 Å². The molecule has 1 aromatic carbocycles. The second kappa shape index (κ2) is 9.05. The van der Waals surface area contributed by atoms with Crippen LogP contribution in [0.25, 0.3) is 0 Å². The molecule has 8 nitrogen and oxygen atoms in total. The Morgan fingerprint density at radius 1 is 1.12 bits per heavy atom. The molecule has 0 radical (unpaired) electrons. The third-order valence-electron chi connectivity index (χ3n) is 6.96. The lowest BCUT2D eigenvalue weighted by Crippen LogP contribution is -2.58. The van der Waals surface area contributed by atoms with Gasteiger partial charge in [0.25, 0.3) is 11.5 Å². The highest BCUT2D eigenvalue weighted by molar-refractivity contribution is 5.95. The molecule has 0 spiro atoms. The van der Waals surface area contributed by atoms with Crippen LogP contribution in [0.5, 0.6) is 0 Å². The van der Waals surface area contributed by atoms with Gasteiger partial charge in [0.05, 0.1) is 16.8 Å². The van der Waals surface area contributed by atoms with Gasteiger partial charge in [-0.25, -0.2) is 9.49 Å². The summed E-state index contributed by atoms with van der Waals surface area (Å²) >= 11 is 0. The fourth-order valence-electron chi connectivity index (χ4n) is 4.59. The van der Waals surface area contributed by atoms with Gasteiger partial charge >= 0.3 is 0 Å². The molecule has 2 amide bonds. The van der Waals surface area contributed by atoms with Crippen LogP contribution >= 0.6 is 0 Å². The molecule has 1 aromatic heterocycles. The molecule has 176 valence electrons. The van der Waals surface area contributed by atoms with E-state index in [1.807, 2.05) is 13.8 Å². The first kappa shape index (κ1) is 23.1. The number of benzene rings is 1. The zero-order chi connectivity index (χ0) is 23.8. The monoisotopic (exact) mass is 455 g/mol. The van der Waals surface area contributed by atoms with Gasteiger partial charge in [-0.2, -0.15) is 5.10 Å². The van der Waals surface area contributed by atoms with Crippen LogP contribution in [-0.4, -0.2) is 70.1 Å². The molecule has 2 aliphatic heterocycles. The van der Waals surface area contributed by atoms with E-state index in [1.165, 1.54) is 6.07 Å². The van der Waals surface area contributed by atoms with Crippen LogP contribution in [-0.2, 0) is 11.2 Å². The van der Waals surface area contributed by atoms with Crippen molar-refractivity contribution in [2.24, 2.45) is 0 Å². The number of aromatic amines is 1. The molecule has 4 rings (SSSR count). The topological polar surface area (TPSA) is 98.4 Å². The zero-order valence-corrected chi connectivity index (χ0v) is 19.3. The van der Waals surface area contributed by atoms with E-state index in [4.69, 9.17) is 0 Å². The van der Waals surface area contributed by atoms with Crippen molar-refractivity contribution in [3.8, 4) is 0 Å². The van der Waals surface area contributed by atoms with Crippen molar-refractivity contribution in [1.29, 1.82) is 0 Å². The van der Waals surface area contributed by atoms with Crippen LogP contribution in [0.15, 0.2) is 23.0 Å². The van der Waals surface area contributed by atoms with E-state index in [2.05, 4.69) is 15.5 Å². The number of piperazine rings is 1. The maximum absolute atomic E-state index is 14.6. The molecule has 0 saturated carbocycles.